The van der Waals surface area contributed by atoms with E-state index in [0.717, 1.165) is 11.4 Å². The number of carboxylic acid groups (broad SMARTS) is 1. The van der Waals surface area contributed by atoms with Gasteiger partial charge in [-0.2, -0.15) is 0 Å². The summed E-state index contributed by atoms with van der Waals surface area (Å²) in [5.41, 5.74) is 0.995. The van der Waals surface area contributed by atoms with Crippen molar-refractivity contribution in [2.45, 2.75) is 30.9 Å². The van der Waals surface area contributed by atoms with Gasteiger partial charge >= 0.3 is 5.97 Å². The number of benzene rings is 1. The van der Waals surface area contributed by atoms with E-state index in [2.05, 4.69) is 4.98 Å². The lowest BCUT2D eigenvalue weighted by atomic mass is 10.1. The van der Waals surface area contributed by atoms with Gasteiger partial charge in [-0.15, -0.1) is 11.3 Å². The number of hydrogen-bond donors (Lipinski definition) is 1. The van der Waals surface area contributed by atoms with Crippen LogP contribution in [0.1, 0.15) is 33.5 Å². The van der Waals surface area contributed by atoms with Crippen molar-refractivity contribution in [2.75, 3.05) is 0 Å². The molecule has 0 amide bonds. The maximum atomic E-state index is 12.5. The fraction of sp³-hybridized carbons (Fsp3) is 0.286. The summed E-state index contributed by atoms with van der Waals surface area (Å²) in [6.45, 7) is 3.61. The van der Waals surface area contributed by atoms with Gasteiger partial charge in [0.2, 0.25) is 0 Å². The van der Waals surface area contributed by atoms with Crippen molar-refractivity contribution in [3.8, 4) is 0 Å². The van der Waals surface area contributed by atoms with Gasteiger partial charge < -0.3 is 5.11 Å². The van der Waals surface area contributed by atoms with Crippen LogP contribution < -0.4 is 0 Å². The monoisotopic (exact) mass is 325 g/mol. The van der Waals surface area contributed by atoms with Gasteiger partial charge in [-0.3, -0.25) is 0 Å². The molecular weight excluding hydrogens is 310 g/mol. The van der Waals surface area contributed by atoms with Gasteiger partial charge in [0.1, 0.15) is 0 Å². The number of aromatic carboxylic acids is 1. The minimum Gasteiger partial charge on any atom is -0.478 e. The van der Waals surface area contributed by atoms with Crippen molar-refractivity contribution in [3.05, 3.63) is 45.4 Å². The van der Waals surface area contributed by atoms with Crippen molar-refractivity contribution in [2.24, 2.45) is 0 Å². The van der Waals surface area contributed by atoms with Gasteiger partial charge in [0.05, 0.1) is 26.9 Å². The smallest absolute Gasteiger partial charge is 0.335 e. The molecule has 1 aromatic heterocycles. The topological polar surface area (TPSA) is 84.3 Å². The van der Waals surface area contributed by atoms with E-state index in [1.165, 1.54) is 29.5 Å². The Hall–Kier alpha value is -1.73. The Morgan fingerprint density at radius 1 is 1.38 bits per heavy atom. The molecule has 0 radical (unpaired) electrons. The SMILES string of the molecule is CCc1nc(CS(=O)(=O)c2cc(C(=O)O)ccc2C)cs1. The van der Waals surface area contributed by atoms with Crippen molar-refractivity contribution in [1.82, 2.24) is 4.98 Å². The summed E-state index contributed by atoms with van der Waals surface area (Å²) in [6.07, 6.45) is 0.762. The van der Waals surface area contributed by atoms with Crippen LogP contribution in [0, 0.1) is 6.92 Å². The minimum absolute atomic E-state index is 0.0355. The average molecular weight is 325 g/mol. The van der Waals surface area contributed by atoms with Crippen LogP contribution in [0.4, 0.5) is 0 Å². The van der Waals surface area contributed by atoms with Gasteiger partial charge in [-0.1, -0.05) is 13.0 Å². The fourth-order valence-corrected chi connectivity index (χ4v) is 4.33. The zero-order chi connectivity index (χ0) is 15.6. The third kappa shape index (κ3) is 3.48. The molecule has 0 saturated heterocycles. The third-order valence-corrected chi connectivity index (χ3v) is 5.84. The first-order chi connectivity index (χ1) is 9.83. The Kier molecular flexibility index (Phi) is 4.43. The van der Waals surface area contributed by atoms with Gasteiger partial charge in [0.15, 0.2) is 9.84 Å². The molecule has 0 spiro atoms. The lowest BCUT2D eigenvalue weighted by molar-refractivity contribution is 0.0696. The summed E-state index contributed by atoms with van der Waals surface area (Å²) < 4.78 is 24.9. The summed E-state index contributed by atoms with van der Waals surface area (Å²) in [4.78, 5) is 15.3. The van der Waals surface area contributed by atoms with Crippen molar-refractivity contribution >= 4 is 27.1 Å². The molecule has 1 aromatic carbocycles. The fourth-order valence-electron chi connectivity index (χ4n) is 1.92. The van der Waals surface area contributed by atoms with E-state index < -0.39 is 15.8 Å². The Morgan fingerprint density at radius 2 is 2.10 bits per heavy atom. The van der Waals surface area contributed by atoms with Crippen molar-refractivity contribution < 1.29 is 18.3 Å². The maximum Gasteiger partial charge on any atom is 0.335 e. The van der Waals surface area contributed by atoms with Crippen LogP contribution in [0.3, 0.4) is 0 Å². The van der Waals surface area contributed by atoms with Crippen LogP contribution in [0.15, 0.2) is 28.5 Å². The highest BCUT2D eigenvalue weighted by molar-refractivity contribution is 7.90. The predicted molar refractivity (Wildman–Crippen MR) is 80.5 cm³/mol. The lowest BCUT2D eigenvalue weighted by Crippen LogP contribution is -2.09. The molecule has 0 bridgehead atoms. The highest BCUT2D eigenvalue weighted by atomic mass is 32.2. The predicted octanol–water partition coefficient (Wildman–Crippen LogP) is 2.69. The molecule has 0 aliphatic heterocycles. The highest BCUT2D eigenvalue weighted by Gasteiger charge is 2.21. The summed E-state index contributed by atoms with van der Waals surface area (Å²) in [7, 11) is -3.61. The first-order valence-corrected chi connectivity index (χ1v) is 8.86. The lowest BCUT2D eigenvalue weighted by Gasteiger charge is -2.07. The molecular formula is C14H15NO4S2. The first kappa shape index (κ1) is 15.7. The quantitative estimate of drug-likeness (QED) is 0.913. The molecule has 0 atom stereocenters. The van der Waals surface area contributed by atoms with Crippen LogP contribution in [0.2, 0.25) is 0 Å². The Morgan fingerprint density at radius 3 is 2.67 bits per heavy atom. The van der Waals surface area contributed by atoms with E-state index in [0.29, 0.717) is 11.3 Å². The van der Waals surface area contributed by atoms with Gasteiger partial charge in [0, 0.05) is 5.38 Å². The molecule has 21 heavy (non-hydrogen) atoms. The molecule has 0 saturated carbocycles. The summed E-state index contributed by atoms with van der Waals surface area (Å²) >= 11 is 1.43. The minimum atomic E-state index is -3.61. The second-order valence-electron chi connectivity index (χ2n) is 4.63. The van der Waals surface area contributed by atoms with Gasteiger partial charge in [-0.05, 0) is 31.0 Å². The molecule has 1 N–H and O–H groups in total. The van der Waals surface area contributed by atoms with Crippen molar-refractivity contribution in [3.63, 3.8) is 0 Å². The molecule has 0 fully saturated rings. The number of carboxylic acids is 1. The summed E-state index contributed by atoms with van der Waals surface area (Å²) in [5.74, 6) is -1.36. The van der Waals surface area contributed by atoms with Crippen LogP contribution in [0.5, 0.6) is 0 Å². The number of hydrogen-bond acceptors (Lipinski definition) is 5. The van der Waals surface area contributed by atoms with E-state index in [9.17, 15) is 13.2 Å². The van der Waals surface area contributed by atoms with Crippen LogP contribution in [-0.2, 0) is 22.0 Å². The number of aromatic nitrogens is 1. The number of rotatable bonds is 5. The van der Waals surface area contributed by atoms with Crippen LogP contribution in [0.25, 0.3) is 0 Å². The summed E-state index contributed by atoms with van der Waals surface area (Å²) in [6, 6.07) is 4.11. The van der Waals surface area contributed by atoms with Gasteiger partial charge in [-0.25, -0.2) is 18.2 Å². The highest BCUT2D eigenvalue weighted by Crippen LogP contribution is 2.22. The maximum absolute atomic E-state index is 12.5. The van der Waals surface area contributed by atoms with E-state index in [-0.39, 0.29) is 16.2 Å². The Labute approximate surface area is 127 Å². The zero-order valence-electron chi connectivity index (χ0n) is 11.7. The summed E-state index contributed by atoms with van der Waals surface area (Å²) in [5, 5.41) is 11.6. The number of thiazole rings is 1. The van der Waals surface area contributed by atoms with Gasteiger partial charge in [0.25, 0.3) is 0 Å². The van der Waals surface area contributed by atoms with E-state index in [1.807, 2.05) is 6.92 Å². The average Bonchev–Trinajstić information content (AvgIpc) is 2.85. The molecule has 2 rings (SSSR count). The normalized spacial score (nSPS) is 11.5. The molecule has 112 valence electrons. The van der Waals surface area contributed by atoms with Crippen molar-refractivity contribution in [1.29, 1.82) is 0 Å². The number of nitrogens with zero attached hydrogens (tertiary/aromatic N) is 1. The molecule has 0 aliphatic rings. The second kappa shape index (κ2) is 5.95. The van der Waals surface area contributed by atoms with E-state index in [4.69, 9.17) is 5.11 Å². The zero-order valence-corrected chi connectivity index (χ0v) is 13.3. The Balaban J connectivity index is 2.39. The van der Waals surface area contributed by atoms with Crippen LogP contribution >= 0.6 is 11.3 Å². The largest absolute Gasteiger partial charge is 0.478 e. The van der Waals surface area contributed by atoms with Crippen LogP contribution in [-0.4, -0.2) is 24.5 Å². The third-order valence-electron chi connectivity index (χ3n) is 3.01. The Bertz CT molecular complexity index is 778. The number of carbonyl (C=O) groups is 1. The molecule has 7 heteroatoms. The number of sulfone groups is 1. The second-order valence-corrected chi connectivity index (χ2v) is 7.53. The first-order valence-electron chi connectivity index (χ1n) is 6.33. The standard InChI is InChI=1S/C14H15NO4S2/c1-3-13-15-11(7-20-13)8-21(18,19)12-6-10(14(16)17)5-4-9(12)2/h4-7H,3,8H2,1-2H3,(H,16,17). The van der Waals surface area contributed by atoms with E-state index in [1.54, 1.807) is 12.3 Å². The number of aryl methyl sites for hydroxylation is 2. The molecule has 2 aromatic rings. The molecule has 5 nitrogen and oxygen atoms in total. The molecule has 0 aliphatic carbocycles. The molecule has 0 unspecified atom stereocenters. The molecule has 1 heterocycles. The van der Waals surface area contributed by atoms with E-state index >= 15 is 0 Å².